The van der Waals surface area contributed by atoms with Crippen molar-refractivity contribution < 1.29 is 5.11 Å². The number of hydrogen-bond donors (Lipinski definition) is 2. The zero-order valence-corrected chi connectivity index (χ0v) is 5.51. The molecule has 0 aromatic heterocycles. The van der Waals surface area contributed by atoms with Crippen molar-refractivity contribution in [1.82, 2.24) is 0 Å². The molecule has 2 aliphatic carbocycles. The van der Waals surface area contributed by atoms with E-state index in [9.17, 15) is 5.11 Å². The predicted molar refractivity (Wildman–Crippen MR) is 34.9 cm³/mol. The Morgan fingerprint density at radius 1 is 1.33 bits per heavy atom. The quantitative estimate of drug-likeness (QED) is 0.490. The van der Waals surface area contributed by atoms with Gasteiger partial charge in [0, 0.05) is 11.5 Å². The Balaban J connectivity index is 2.15. The highest BCUT2D eigenvalue weighted by molar-refractivity contribution is 5.08. The van der Waals surface area contributed by atoms with Crippen LogP contribution in [0.1, 0.15) is 25.7 Å². The Morgan fingerprint density at radius 2 is 2.00 bits per heavy atom. The molecule has 0 spiro atoms. The lowest BCUT2D eigenvalue weighted by Crippen LogP contribution is -2.53. The van der Waals surface area contributed by atoms with E-state index in [0.29, 0.717) is 5.92 Å². The molecule has 2 saturated carbocycles. The second-order valence-corrected chi connectivity index (χ2v) is 3.48. The van der Waals surface area contributed by atoms with Crippen molar-refractivity contribution in [1.29, 1.82) is 0 Å². The maximum Gasteiger partial charge on any atom is 0.0586 e. The number of rotatable bonds is 0. The van der Waals surface area contributed by atoms with Crippen LogP contribution in [-0.2, 0) is 0 Å². The lowest BCUT2D eigenvalue weighted by atomic mass is 9.69. The minimum Gasteiger partial charge on any atom is -0.393 e. The number of hydrogen-bond acceptors (Lipinski definition) is 2. The summed E-state index contributed by atoms with van der Waals surface area (Å²) in [6.45, 7) is 0. The third-order valence-electron chi connectivity index (χ3n) is 3.03. The molecule has 2 rings (SSSR count). The standard InChI is InChI=1S/C7H13NO/c8-7-3-1-5(7)6(9)2-4-7/h5-6,9H,1-4,8H2. The molecular weight excluding hydrogens is 114 g/mol. The summed E-state index contributed by atoms with van der Waals surface area (Å²) in [6, 6.07) is 0. The fourth-order valence-electron chi connectivity index (χ4n) is 2.19. The van der Waals surface area contributed by atoms with Gasteiger partial charge in [0.05, 0.1) is 6.10 Å². The number of aliphatic hydroxyl groups excluding tert-OH is 1. The van der Waals surface area contributed by atoms with Crippen molar-refractivity contribution in [3.63, 3.8) is 0 Å². The molecule has 2 nitrogen and oxygen atoms in total. The summed E-state index contributed by atoms with van der Waals surface area (Å²) in [5, 5.41) is 9.30. The van der Waals surface area contributed by atoms with Crippen molar-refractivity contribution in [3.8, 4) is 0 Å². The van der Waals surface area contributed by atoms with Crippen LogP contribution < -0.4 is 5.73 Å². The van der Waals surface area contributed by atoms with Gasteiger partial charge >= 0.3 is 0 Å². The highest BCUT2D eigenvalue weighted by atomic mass is 16.3. The highest BCUT2D eigenvalue weighted by Gasteiger charge is 2.51. The Hall–Kier alpha value is -0.0800. The summed E-state index contributed by atoms with van der Waals surface area (Å²) in [5.41, 5.74) is 5.99. The first-order valence-electron chi connectivity index (χ1n) is 3.69. The molecule has 0 aromatic carbocycles. The van der Waals surface area contributed by atoms with Gasteiger partial charge < -0.3 is 10.8 Å². The van der Waals surface area contributed by atoms with Crippen LogP contribution in [0.25, 0.3) is 0 Å². The van der Waals surface area contributed by atoms with Gasteiger partial charge in [0.25, 0.3) is 0 Å². The fourth-order valence-corrected chi connectivity index (χ4v) is 2.19. The topological polar surface area (TPSA) is 46.2 Å². The molecule has 0 aliphatic heterocycles. The van der Waals surface area contributed by atoms with Gasteiger partial charge in [-0.1, -0.05) is 0 Å². The van der Waals surface area contributed by atoms with E-state index in [4.69, 9.17) is 5.73 Å². The zero-order valence-electron chi connectivity index (χ0n) is 5.51. The smallest absolute Gasteiger partial charge is 0.0586 e. The van der Waals surface area contributed by atoms with Gasteiger partial charge in [0.1, 0.15) is 0 Å². The van der Waals surface area contributed by atoms with Gasteiger partial charge in [-0.3, -0.25) is 0 Å². The maximum atomic E-state index is 9.30. The molecule has 0 saturated heterocycles. The summed E-state index contributed by atoms with van der Waals surface area (Å²) < 4.78 is 0. The van der Waals surface area contributed by atoms with Crippen LogP contribution in [0.3, 0.4) is 0 Å². The summed E-state index contributed by atoms with van der Waals surface area (Å²) in [4.78, 5) is 0. The van der Waals surface area contributed by atoms with E-state index in [1.165, 1.54) is 0 Å². The van der Waals surface area contributed by atoms with Crippen molar-refractivity contribution in [2.75, 3.05) is 0 Å². The van der Waals surface area contributed by atoms with E-state index in [-0.39, 0.29) is 11.6 Å². The van der Waals surface area contributed by atoms with E-state index in [2.05, 4.69) is 0 Å². The van der Waals surface area contributed by atoms with Crippen LogP contribution in [0.4, 0.5) is 0 Å². The Morgan fingerprint density at radius 3 is 2.22 bits per heavy atom. The maximum absolute atomic E-state index is 9.30. The van der Waals surface area contributed by atoms with Crippen molar-refractivity contribution in [2.45, 2.75) is 37.3 Å². The summed E-state index contributed by atoms with van der Waals surface area (Å²) in [7, 11) is 0. The van der Waals surface area contributed by atoms with E-state index >= 15 is 0 Å². The normalized spacial score (nSPS) is 56.7. The van der Waals surface area contributed by atoms with Crippen molar-refractivity contribution >= 4 is 0 Å². The molecule has 3 unspecified atom stereocenters. The van der Waals surface area contributed by atoms with Crippen LogP contribution in [0.2, 0.25) is 0 Å². The summed E-state index contributed by atoms with van der Waals surface area (Å²) >= 11 is 0. The molecule has 9 heavy (non-hydrogen) atoms. The minimum absolute atomic E-state index is 0.0550. The second-order valence-electron chi connectivity index (χ2n) is 3.48. The lowest BCUT2D eigenvalue weighted by molar-refractivity contribution is 0.0494. The van der Waals surface area contributed by atoms with Crippen LogP contribution in [0.15, 0.2) is 0 Å². The Labute approximate surface area is 55.1 Å². The van der Waals surface area contributed by atoms with Crippen LogP contribution in [0, 0.1) is 5.92 Å². The van der Waals surface area contributed by atoms with Gasteiger partial charge in [-0.15, -0.1) is 0 Å². The number of fused-ring (bicyclic) bond motifs is 1. The summed E-state index contributed by atoms with van der Waals surface area (Å²) in [6.07, 6.45) is 4.18. The number of aliphatic hydroxyl groups is 1. The molecule has 0 heterocycles. The fraction of sp³-hybridized carbons (Fsp3) is 1.00. The largest absolute Gasteiger partial charge is 0.393 e. The molecule has 2 aliphatic rings. The Bertz CT molecular complexity index is 137. The monoisotopic (exact) mass is 127 g/mol. The lowest BCUT2D eigenvalue weighted by Gasteiger charge is -2.42. The Kier molecular flexibility index (Phi) is 0.945. The average molecular weight is 127 g/mol. The highest BCUT2D eigenvalue weighted by Crippen LogP contribution is 2.48. The van der Waals surface area contributed by atoms with Crippen LogP contribution in [0.5, 0.6) is 0 Å². The predicted octanol–water partition coefficient (Wildman–Crippen LogP) is 0.249. The van der Waals surface area contributed by atoms with Gasteiger partial charge in [-0.05, 0) is 25.7 Å². The van der Waals surface area contributed by atoms with E-state index in [0.717, 1.165) is 25.7 Å². The first-order valence-corrected chi connectivity index (χ1v) is 3.69. The van der Waals surface area contributed by atoms with Crippen molar-refractivity contribution in [2.24, 2.45) is 11.7 Å². The molecule has 0 amide bonds. The minimum atomic E-state index is -0.0799. The molecule has 3 atom stereocenters. The van der Waals surface area contributed by atoms with E-state index < -0.39 is 0 Å². The SMILES string of the molecule is NC12CCC(O)C1CC2. The third kappa shape index (κ3) is 0.578. The van der Waals surface area contributed by atoms with Gasteiger partial charge in [0.15, 0.2) is 0 Å². The molecule has 0 aromatic rings. The van der Waals surface area contributed by atoms with Gasteiger partial charge in [0.2, 0.25) is 0 Å². The first kappa shape index (κ1) is 5.69. The molecule has 3 N–H and O–H groups in total. The molecule has 0 bridgehead atoms. The van der Waals surface area contributed by atoms with Crippen molar-refractivity contribution in [3.05, 3.63) is 0 Å². The molecular formula is C7H13NO. The first-order chi connectivity index (χ1) is 4.22. The zero-order chi connectivity index (χ0) is 6.48. The van der Waals surface area contributed by atoms with Gasteiger partial charge in [-0.25, -0.2) is 0 Å². The molecule has 52 valence electrons. The third-order valence-corrected chi connectivity index (χ3v) is 3.03. The summed E-state index contributed by atoms with van der Waals surface area (Å²) in [5.74, 6) is 0.442. The van der Waals surface area contributed by atoms with Crippen LogP contribution >= 0.6 is 0 Å². The molecule has 2 heteroatoms. The number of nitrogens with two attached hydrogens (primary N) is 1. The van der Waals surface area contributed by atoms with E-state index in [1.807, 2.05) is 0 Å². The van der Waals surface area contributed by atoms with E-state index in [1.54, 1.807) is 0 Å². The average Bonchev–Trinajstić information content (AvgIpc) is 1.93. The van der Waals surface area contributed by atoms with Gasteiger partial charge in [-0.2, -0.15) is 0 Å². The molecule has 2 fully saturated rings. The molecule has 0 radical (unpaired) electrons. The second kappa shape index (κ2) is 1.50. The van der Waals surface area contributed by atoms with Crippen LogP contribution in [-0.4, -0.2) is 16.7 Å².